The number of rotatable bonds is 3. The fraction of sp³-hybridized carbons (Fsp3) is 0.462. The lowest BCUT2D eigenvalue weighted by atomic mass is 10.0. The minimum Gasteiger partial charge on any atom is -0.508 e. The van der Waals surface area contributed by atoms with E-state index >= 15 is 0 Å². The molecule has 1 heterocycles. The summed E-state index contributed by atoms with van der Waals surface area (Å²) < 4.78 is 0. The summed E-state index contributed by atoms with van der Waals surface area (Å²) in [5.74, 6) is 0.733. The molecule has 0 radical (unpaired) electrons. The van der Waals surface area contributed by atoms with Gasteiger partial charge < -0.3 is 15.3 Å². The van der Waals surface area contributed by atoms with Crippen molar-refractivity contribution in [3.05, 3.63) is 24.3 Å². The average Bonchev–Trinajstić information content (AvgIpc) is 2.80. The molecule has 17 heavy (non-hydrogen) atoms. The van der Waals surface area contributed by atoms with E-state index in [1.54, 1.807) is 30.1 Å². The van der Waals surface area contributed by atoms with Crippen molar-refractivity contribution in [2.45, 2.75) is 12.8 Å². The number of benzene rings is 1. The molecule has 1 aromatic rings. The molecule has 1 amide bonds. The topological polar surface area (TPSA) is 52.6 Å². The van der Waals surface area contributed by atoms with Crippen LogP contribution in [-0.2, 0) is 4.79 Å². The minimum absolute atomic E-state index is 0.101. The highest BCUT2D eigenvalue weighted by atomic mass is 16.3. The lowest BCUT2D eigenvalue weighted by Crippen LogP contribution is -2.28. The molecule has 1 unspecified atom stereocenters. The third kappa shape index (κ3) is 2.97. The van der Waals surface area contributed by atoms with Crippen LogP contribution in [0.2, 0.25) is 0 Å². The zero-order valence-corrected chi connectivity index (χ0v) is 10.0. The largest absolute Gasteiger partial charge is 0.508 e. The van der Waals surface area contributed by atoms with Gasteiger partial charge in [-0.05, 0) is 37.6 Å². The van der Waals surface area contributed by atoms with Gasteiger partial charge in [-0.2, -0.15) is 0 Å². The summed E-state index contributed by atoms with van der Waals surface area (Å²) in [5, 5.41) is 12.6. The highest BCUT2D eigenvalue weighted by Gasteiger charge is 2.20. The second-order valence-corrected chi connectivity index (χ2v) is 4.54. The summed E-state index contributed by atoms with van der Waals surface area (Å²) in [6, 6.07) is 6.77. The first-order chi connectivity index (χ1) is 8.16. The SMILES string of the molecule is CN(C(=O)CC1CCNC1)c1cccc(O)c1. The van der Waals surface area contributed by atoms with Crippen LogP contribution < -0.4 is 10.2 Å². The van der Waals surface area contributed by atoms with E-state index in [9.17, 15) is 9.90 Å². The van der Waals surface area contributed by atoms with E-state index < -0.39 is 0 Å². The van der Waals surface area contributed by atoms with Crippen LogP contribution in [-0.4, -0.2) is 31.2 Å². The predicted octanol–water partition coefficient (Wildman–Crippen LogP) is 1.35. The van der Waals surface area contributed by atoms with Gasteiger partial charge >= 0.3 is 0 Å². The fourth-order valence-corrected chi connectivity index (χ4v) is 2.12. The van der Waals surface area contributed by atoms with Crippen molar-refractivity contribution < 1.29 is 9.90 Å². The Hall–Kier alpha value is -1.55. The van der Waals surface area contributed by atoms with Gasteiger partial charge in [0.05, 0.1) is 0 Å². The number of phenolic OH excluding ortho intramolecular Hbond substituents is 1. The number of amides is 1. The smallest absolute Gasteiger partial charge is 0.227 e. The maximum absolute atomic E-state index is 12.0. The Balaban J connectivity index is 1.98. The molecule has 2 rings (SSSR count). The summed E-state index contributed by atoms with van der Waals surface area (Å²) in [4.78, 5) is 13.6. The van der Waals surface area contributed by atoms with Gasteiger partial charge in [-0.3, -0.25) is 4.79 Å². The van der Waals surface area contributed by atoms with E-state index in [0.717, 1.165) is 25.2 Å². The first kappa shape index (κ1) is 11.9. The van der Waals surface area contributed by atoms with Crippen molar-refractivity contribution in [2.75, 3.05) is 25.0 Å². The standard InChI is InChI=1S/C13H18N2O2/c1-15(11-3-2-4-12(16)8-11)13(17)7-10-5-6-14-9-10/h2-4,8,10,14,16H,5-7,9H2,1H3. The van der Waals surface area contributed by atoms with Gasteiger partial charge in [0.25, 0.3) is 0 Å². The number of phenols is 1. The van der Waals surface area contributed by atoms with Gasteiger partial charge in [0.15, 0.2) is 0 Å². The summed E-state index contributed by atoms with van der Waals surface area (Å²) in [7, 11) is 1.75. The highest BCUT2D eigenvalue weighted by Crippen LogP contribution is 2.21. The fourth-order valence-electron chi connectivity index (χ4n) is 2.12. The van der Waals surface area contributed by atoms with Crippen molar-refractivity contribution in [3.63, 3.8) is 0 Å². The first-order valence-corrected chi connectivity index (χ1v) is 5.93. The third-order valence-corrected chi connectivity index (χ3v) is 3.22. The molecule has 0 aromatic heterocycles. The average molecular weight is 234 g/mol. The summed E-state index contributed by atoms with van der Waals surface area (Å²) in [6.45, 7) is 1.94. The number of nitrogens with zero attached hydrogens (tertiary/aromatic N) is 1. The summed E-state index contributed by atoms with van der Waals surface area (Å²) in [6.07, 6.45) is 1.64. The van der Waals surface area contributed by atoms with E-state index in [4.69, 9.17) is 0 Å². The molecule has 4 heteroatoms. The van der Waals surface area contributed by atoms with E-state index in [2.05, 4.69) is 5.32 Å². The number of hydrogen-bond donors (Lipinski definition) is 2. The quantitative estimate of drug-likeness (QED) is 0.830. The van der Waals surface area contributed by atoms with Crippen LogP contribution in [0.15, 0.2) is 24.3 Å². The minimum atomic E-state index is 0.101. The van der Waals surface area contributed by atoms with E-state index in [0.29, 0.717) is 12.3 Å². The Morgan fingerprint density at radius 3 is 3.06 bits per heavy atom. The Kier molecular flexibility index (Phi) is 3.64. The van der Waals surface area contributed by atoms with Gasteiger partial charge in [-0.1, -0.05) is 6.07 Å². The first-order valence-electron chi connectivity index (χ1n) is 5.93. The molecule has 4 nitrogen and oxygen atoms in total. The molecule has 0 aliphatic carbocycles. The molecule has 0 spiro atoms. The second-order valence-electron chi connectivity index (χ2n) is 4.54. The number of carbonyl (C=O) groups is 1. The van der Waals surface area contributed by atoms with Crippen molar-refractivity contribution in [2.24, 2.45) is 5.92 Å². The van der Waals surface area contributed by atoms with Gasteiger partial charge in [-0.15, -0.1) is 0 Å². The lowest BCUT2D eigenvalue weighted by molar-refractivity contribution is -0.119. The zero-order valence-electron chi connectivity index (χ0n) is 10.0. The van der Waals surface area contributed by atoms with Crippen LogP contribution in [0.5, 0.6) is 5.75 Å². The van der Waals surface area contributed by atoms with E-state index in [-0.39, 0.29) is 11.7 Å². The zero-order chi connectivity index (χ0) is 12.3. The molecule has 0 saturated carbocycles. The number of aromatic hydroxyl groups is 1. The number of carbonyl (C=O) groups excluding carboxylic acids is 1. The van der Waals surface area contributed by atoms with Crippen LogP contribution in [0.4, 0.5) is 5.69 Å². The van der Waals surface area contributed by atoms with Crippen molar-refractivity contribution >= 4 is 11.6 Å². The maximum Gasteiger partial charge on any atom is 0.227 e. The molecule has 0 bridgehead atoms. The maximum atomic E-state index is 12.0. The number of anilines is 1. The molecule has 1 aliphatic heterocycles. The van der Waals surface area contributed by atoms with E-state index in [1.165, 1.54) is 0 Å². The van der Waals surface area contributed by atoms with Crippen molar-refractivity contribution in [1.82, 2.24) is 5.32 Å². The summed E-state index contributed by atoms with van der Waals surface area (Å²) >= 11 is 0. The van der Waals surface area contributed by atoms with Crippen LogP contribution in [0.25, 0.3) is 0 Å². The molecule has 1 saturated heterocycles. The Morgan fingerprint density at radius 2 is 2.41 bits per heavy atom. The molecule has 1 atom stereocenters. The van der Waals surface area contributed by atoms with Crippen LogP contribution in [0, 0.1) is 5.92 Å². The normalized spacial score (nSPS) is 19.2. The summed E-state index contributed by atoms with van der Waals surface area (Å²) in [5.41, 5.74) is 0.737. The van der Waals surface area contributed by atoms with E-state index in [1.807, 2.05) is 6.07 Å². The van der Waals surface area contributed by atoms with Crippen molar-refractivity contribution in [3.8, 4) is 5.75 Å². The van der Waals surface area contributed by atoms with Gasteiger partial charge in [-0.25, -0.2) is 0 Å². The second kappa shape index (κ2) is 5.19. The van der Waals surface area contributed by atoms with Crippen molar-refractivity contribution in [1.29, 1.82) is 0 Å². The molecular weight excluding hydrogens is 216 g/mol. The molecule has 92 valence electrons. The van der Waals surface area contributed by atoms with Gasteiger partial charge in [0, 0.05) is 25.2 Å². The molecule has 2 N–H and O–H groups in total. The number of hydrogen-bond acceptors (Lipinski definition) is 3. The molecule has 1 aromatic carbocycles. The molecule has 1 aliphatic rings. The number of nitrogens with one attached hydrogen (secondary N) is 1. The third-order valence-electron chi connectivity index (χ3n) is 3.22. The van der Waals surface area contributed by atoms with Crippen LogP contribution >= 0.6 is 0 Å². The van der Waals surface area contributed by atoms with Crippen LogP contribution in [0.3, 0.4) is 0 Å². The lowest BCUT2D eigenvalue weighted by Gasteiger charge is -2.19. The highest BCUT2D eigenvalue weighted by molar-refractivity contribution is 5.93. The Morgan fingerprint density at radius 1 is 1.59 bits per heavy atom. The Bertz CT molecular complexity index is 400. The molecular formula is C13H18N2O2. The predicted molar refractivity (Wildman–Crippen MR) is 67.1 cm³/mol. The molecule has 1 fully saturated rings. The Labute approximate surface area is 101 Å². The van der Waals surface area contributed by atoms with Gasteiger partial charge in [0.2, 0.25) is 5.91 Å². The monoisotopic (exact) mass is 234 g/mol. The van der Waals surface area contributed by atoms with Crippen LogP contribution in [0.1, 0.15) is 12.8 Å². The van der Waals surface area contributed by atoms with Gasteiger partial charge in [0.1, 0.15) is 5.75 Å².